The van der Waals surface area contributed by atoms with Crippen LogP contribution in [0.5, 0.6) is 0 Å². The van der Waals surface area contributed by atoms with E-state index in [-0.39, 0.29) is 0 Å². The van der Waals surface area contributed by atoms with Crippen molar-refractivity contribution in [2.45, 2.75) is 25.2 Å². The number of sulfonamides is 1. The van der Waals surface area contributed by atoms with E-state index in [0.717, 1.165) is 5.56 Å². The molecule has 4 nitrogen and oxygen atoms in total. The molecular formula is C14H20N2O2S2. The summed E-state index contributed by atoms with van der Waals surface area (Å²) < 4.78 is 26.6. The lowest BCUT2D eigenvalue weighted by molar-refractivity contribution is 0.463. The predicted molar refractivity (Wildman–Crippen MR) is 84.0 cm³/mol. The van der Waals surface area contributed by atoms with Crippen LogP contribution in [0.2, 0.25) is 0 Å². The maximum absolute atomic E-state index is 12.5. The van der Waals surface area contributed by atoms with E-state index in [1.807, 2.05) is 0 Å². The summed E-state index contributed by atoms with van der Waals surface area (Å²) in [6.07, 6.45) is 0.493. The lowest BCUT2D eigenvalue weighted by Gasteiger charge is -2.16. The van der Waals surface area contributed by atoms with Gasteiger partial charge in [0.15, 0.2) is 0 Å². The van der Waals surface area contributed by atoms with Gasteiger partial charge in [0.25, 0.3) is 0 Å². The molecule has 20 heavy (non-hydrogen) atoms. The van der Waals surface area contributed by atoms with Gasteiger partial charge in [-0.15, -0.1) is 0 Å². The van der Waals surface area contributed by atoms with Gasteiger partial charge in [-0.05, 0) is 29.5 Å². The predicted octanol–water partition coefficient (Wildman–Crippen LogP) is 1.79. The number of hydrogen-bond donors (Lipinski definition) is 1. The van der Waals surface area contributed by atoms with E-state index in [9.17, 15) is 8.42 Å². The highest BCUT2D eigenvalue weighted by atomic mass is 32.2. The van der Waals surface area contributed by atoms with Gasteiger partial charge in [-0.1, -0.05) is 38.2 Å². The molecular weight excluding hydrogens is 292 g/mol. The Kier molecular flexibility index (Phi) is 4.46. The van der Waals surface area contributed by atoms with Gasteiger partial charge in [0.1, 0.15) is 0 Å². The lowest BCUT2D eigenvalue weighted by atomic mass is 10.0. The summed E-state index contributed by atoms with van der Waals surface area (Å²) in [5.74, 6) is 0.803. The van der Waals surface area contributed by atoms with E-state index in [4.69, 9.17) is 18.0 Å². The van der Waals surface area contributed by atoms with Crippen molar-refractivity contribution < 1.29 is 8.42 Å². The first-order chi connectivity index (χ1) is 9.30. The van der Waals surface area contributed by atoms with E-state index in [1.165, 1.54) is 0 Å². The number of benzene rings is 1. The van der Waals surface area contributed by atoms with Crippen LogP contribution in [0.3, 0.4) is 0 Å². The average Bonchev–Trinajstić information content (AvgIpc) is 2.70. The third-order valence-corrected chi connectivity index (χ3v) is 5.88. The molecule has 0 bridgehead atoms. The first-order valence-electron chi connectivity index (χ1n) is 6.68. The maximum atomic E-state index is 12.5. The molecule has 1 aliphatic heterocycles. The normalized spacial score (nSPS) is 23.9. The average molecular weight is 312 g/mol. The molecule has 1 saturated heterocycles. The van der Waals surface area contributed by atoms with Gasteiger partial charge < -0.3 is 5.73 Å². The van der Waals surface area contributed by atoms with E-state index in [0.29, 0.717) is 41.2 Å². The molecule has 0 amide bonds. The second-order valence-corrected chi connectivity index (χ2v) is 8.03. The fourth-order valence-corrected chi connectivity index (χ4v) is 4.21. The molecule has 1 aliphatic rings. The zero-order valence-electron chi connectivity index (χ0n) is 11.7. The summed E-state index contributed by atoms with van der Waals surface area (Å²) in [6, 6.07) is 6.82. The summed E-state index contributed by atoms with van der Waals surface area (Å²) in [7, 11) is -3.38. The Bertz CT molecular complexity index is 586. The fraction of sp³-hybridized carbons (Fsp3) is 0.500. The molecule has 2 atom stereocenters. The Morgan fingerprint density at radius 3 is 2.20 bits per heavy atom. The molecule has 0 saturated carbocycles. The summed E-state index contributed by atoms with van der Waals surface area (Å²) in [6.45, 7) is 5.37. The monoisotopic (exact) mass is 312 g/mol. The van der Waals surface area contributed by atoms with Crippen molar-refractivity contribution in [3.63, 3.8) is 0 Å². The van der Waals surface area contributed by atoms with E-state index >= 15 is 0 Å². The minimum atomic E-state index is -3.38. The highest BCUT2D eigenvalue weighted by Crippen LogP contribution is 2.28. The van der Waals surface area contributed by atoms with Crippen LogP contribution < -0.4 is 5.73 Å². The topological polar surface area (TPSA) is 63.4 Å². The van der Waals surface area contributed by atoms with Gasteiger partial charge in [0.05, 0.1) is 9.88 Å². The van der Waals surface area contributed by atoms with E-state index in [2.05, 4.69) is 13.8 Å². The van der Waals surface area contributed by atoms with E-state index in [1.54, 1.807) is 28.6 Å². The van der Waals surface area contributed by atoms with Crippen LogP contribution in [0.1, 0.15) is 19.4 Å². The molecule has 2 N–H and O–H groups in total. The standard InChI is InChI=1S/C14H20N2O2S2/c1-10-8-16(9-11(10)2)20(17,18)13-5-3-12(4-6-13)7-14(15)19/h3-6,10-11H,7-9H2,1-2H3,(H2,15,19). The number of nitrogens with zero attached hydrogens (tertiary/aromatic N) is 1. The molecule has 2 rings (SSSR count). The molecule has 110 valence electrons. The number of nitrogens with two attached hydrogens (primary N) is 1. The van der Waals surface area contributed by atoms with Crippen molar-refractivity contribution in [2.24, 2.45) is 17.6 Å². The van der Waals surface area contributed by atoms with Crippen LogP contribution in [-0.2, 0) is 16.4 Å². The third kappa shape index (κ3) is 3.19. The second-order valence-electron chi connectivity index (χ2n) is 5.56. The van der Waals surface area contributed by atoms with Gasteiger partial charge in [-0.2, -0.15) is 4.31 Å². The largest absolute Gasteiger partial charge is 0.393 e. The smallest absolute Gasteiger partial charge is 0.243 e. The first kappa shape index (κ1) is 15.4. The highest BCUT2D eigenvalue weighted by molar-refractivity contribution is 7.89. The zero-order chi connectivity index (χ0) is 14.9. The summed E-state index contributed by atoms with van der Waals surface area (Å²) in [5.41, 5.74) is 6.41. The van der Waals surface area contributed by atoms with Crippen molar-refractivity contribution in [2.75, 3.05) is 13.1 Å². The molecule has 1 aromatic carbocycles. The molecule has 1 heterocycles. The van der Waals surface area contributed by atoms with E-state index < -0.39 is 10.0 Å². The highest BCUT2D eigenvalue weighted by Gasteiger charge is 2.34. The van der Waals surface area contributed by atoms with Gasteiger partial charge in [-0.25, -0.2) is 8.42 Å². The first-order valence-corrected chi connectivity index (χ1v) is 8.53. The van der Waals surface area contributed by atoms with Crippen LogP contribution in [0.4, 0.5) is 0 Å². The minimum absolute atomic E-state index is 0.338. The summed E-state index contributed by atoms with van der Waals surface area (Å²) in [5, 5.41) is 0. The Balaban J connectivity index is 2.20. The molecule has 0 spiro atoms. The quantitative estimate of drug-likeness (QED) is 0.861. The SMILES string of the molecule is CC1CN(S(=O)(=O)c2ccc(CC(N)=S)cc2)CC1C. The summed E-state index contributed by atoms with van der Waals surface area (Å²) in [4.78, 5) is 0.744. The van der Waals surface area contributed by atoms with Crippen LogP contribution in [-0.4, -0.2) is 30.8 Å². The Labute approximate surface area is 126 Å². The van der Waals surface area contributed by atoms with Crippen LogP contribution in [0.25, 0.3) is 0 Å². The van der Waals surface area contributed by atoms with Gasteiger partial charge >= 0.3 is 0 Å². The lowest BCUT2D eigenvalue weighted by Crippen LogP contribution is -2.29. The Morgan fingerprint density at radius 2 is 1.75 bits per heavy atom. The van der Waals surface area contributed by atoms with Crippen LogP contribution in [0.15, 0.2) is 29.2 Å². The second kappa shape index (κ2) is 5.79. The van der Waals surface area contributed by atoms with Gasteiger partial charge in [0.2, 0.25) is 10.0 Å². The molecule has 6 heteroatoms. The molecule has 1 fully saturated rings. The van der Waals surface area contributed by atoms with Gasteiger partial charge in [-0.3, -0.25) is 0 Å². The molecule has 0 aliphatic carbocycles. The number of rotatable bonds is 4. The number of hydrogen-bond acceptors (Lipinski definition) is 3. The summed E-state index contributed by atoms with van der Waals surface area (Å²) >= 11 is 4.85. The minimum Gasteiger partial charge on any atom is -0.393 e. The number of thiocarbonyl (C=S) groups is 1. The van der Waals surface area contributed by atoms with Crippen LogP contribution in [0, 0.1) is 11.8 Å². The fourth-order valence-electron chi connectivity index (χ4n) is 2.40. The molecule has 2 unspecified atom stereocenters. The molecule has 0 radical (unpaired) electrons. The maximum Gasteiger partial charge on any atom is 0.243 e. The zero-order valence-corrected chi connectivity index (χ0v) is 13.4. The molecule has 1 aromatic rings. The van der Waals surface area contributed by atoms with Crippen LogP contribution >= 0.6 is 12.2 Å². The Hall–Kier alpha value is -0.980. The van der Waals surface area contributed by atoms with Gasteiger partial charge in [0, 0.05) is 19.5 Å². The third-order valence-electron chi connectivity index (χ3n) is 3.89. The molecule has 0 aromatic heterocycles. The van der Waals surface area contributed by atoms with Crippen molar-refractivity contribution in [1.29, 1.82) is 0 Å². The van der Waals surface area contributed by atoms with Crippen molar-refractivity contribution >= 4 is 27.2 Å². The Morgan fingerprint density at radius 1 is 1.25 bits per heavy atom. The van der Waals surface area contributed by atoms with Crippen molar-refractivity contribution in [3.05, 3.63) is 29.8 Å². The van der Waals surface area contributed by atoms with Crippen molar-refractivity contribution in [3.8, 4) is 0 Å². The van der Waals surface area contributed by atoms with Crippen molar-refractivity contribution in [1.82, 2.24) is 4.31 Å².